The predicted molar refractivity (Wildman–Crippen MR) is 135 cm³/mol. The second kappa shape index (κ2) is 12.3. The molecule has 8 nitrogen and oxygen atoms in total. The lowest BCUT2D eigenvalue weighted by atomic mass is 10.0. The molecule has 2 aromatic rings. The van der Waals surface area contributed by atoms with E-state index >= 15 is 0 Å². The maximum Gasteiger partial charge on any atom is 0.243 e. The average molecular weight is 505 g/mol. The molecule has 1 saturated heterocycles. The lowest BCUT2D eigenvalue weighted by Gasteiger charge is -2.26. The molecule has 1 amide bonds. The van der Waals surface area contributed by atoms with Crippen molar-refractivity contribution < 1.29 is 27.4 Å². The van der Waals surface area contributed by atoms with Gasteiger partial charge in [-0.1, -0.05) is 19.4 Å². The van der Waals surface area contributed by atoms with Crippen molar-refractivity contribution in [1.29, 1.82) is 0 Å². The Morgan fingerprint density at radius 2 is 1.60 bits per heavy atom. The van der Waals surface area contributed by atoms with E-state index in [4.69, 9.17) is 14.2 Å². The summed E-state index contributed by atoms with van der Waals surface area (Å²) in [6.07, 6.45) is 4.07. The number of benzene rings is 2. The van der Waals surface area contributed by atoms with E-state index < -0.39 is 10.0 Å². The molecule has 1 aliphatic rings. The molecule has 9 heteroatoms. The SMILES string of the molecule is CCC(NC(=O)CCc1cc(S(=O)(=O)N2CCCCC2)ccc1OC)c1ccc(OC)c(OC)c1. The molecule has 0 radical (unpaired) electrons. The van der Waals surface area contributed by atoms with Gasteiger partial charge in [-0.15, -0.1) is 0 Å². The molecule has 2 aromatic carbocycles. The lowest BCUT2D eigenvalue weighted by Crippen LogP contribution is -2.35. The molecule has 1 fully saturated rings. The van der Waals surface area contributed by atoms with Crippen LogP contribution < -0.4 is 19.5 Å². The van der Waals surface area contributed by atoms with E-state index in [1.165, 1.54) is 0 Å². The van der Waals surface area contributed by atoms with Crippen molar-refractivity contribution in [3.63, 3.8) is 0 Å². The molecule has 1 aliphatic heterocycles. The van der Waals surface area contributed by atoms with Gasteiger partial charge in [0.15, 0.2) is 11.5 Å². The normalized spacial score (nSPS) is 15.3. The Bertz CT molecular complexity index is 1110. The zero-order valence-electron chi connectivity index (χ0n) is 21.0. The second-order valence-electron chi connectivity index (χ2n) is 8.58. The maximum atomic E-state index is 13.1. The van der Waals surface area contributed by atoms with Crippen molar-refractivity contribution in [2.24, 2.45) is 0 Å². The van der Waals surface area contributed by atoms with E-state index in [9.17, 15) is 13.2 Å². The fraction of sp³-hybridized carbons (Fsp3) is 0.500. The van der Waals surface area contributed by atoms with E-state index in [0.29, 0.717) is 48.7 Å². The zero-order valence-corrected chi connectivity index (χ0v) is 21.8. The number of sulfonamides is 1. The van der Waals surface area contributed by atoms with Gasteiger partial charge in [-0.2, -0.15) is 4.31 Å². The van der Waals surface area contributed by atoms with E-state index in [1.807, 2.05) is 25.1 Å². The summed E-state index contributed by atoms with van der Waals surface area (Å²) in [7, 11) is 1.14. The number of hydrogen-bond donors (Lipinski definition) is 1. The Morgan fingerprint density at radius 3 is 2.23 bits per heavy atom. The number of aryl methyl sites for hydroxylation is 1. The maximum absolute atomic E-state index is 13.1. The van der Waals surface area contributed by atoms with E-state index in [1.54, 1.807) is 43.8 Å². The average Bonchev–Trinajstić information content (AvgIpc) is 2.90. The Kier molecular flexibility index (Phi) is 9.40. The fourth-order valence-electron chi connectivity index (χ4n) is 4.37. The number of piperidine rings is 1. The number of amides is 1. The molecule has 192 valence electrons. The topological polar surface area (TPSA) is 94.2 Å². The molecule has 3 rings (SSSR count). The molecule has 35 heavy (non-hydrogen) atoms. The summed E-state index contributed by atoms with van der Waals surface area (Å²) < 4.78 is 43.9. The molecule has 0 spiro atoms. The minimum Gasteiger partial charge on any atom is -0.496 e. The largest absolute Gasteiger partial charge is 0.496 e. The first-order valence-corrected chi connectivity index (χ1v) is 13.5. The van der Waals surface area contributed by atoms with Gasteiger partial charge in [-0.3, -0.25) is 4.79 Å². The molecule has 0 bridgehead atoms. The number of nitrogens with one attached hydrogen (secondary N) is 1. The molecule has 0 aliphatic carbocycles. The van der Waals surface area contributed by atoms with Crippen LogP contribution in [0.2, 0.25) is 0 Å². The first-order valence-electron chi connectivity index (χ1n) is 12.0. The monoisotopic (exact) mass is 504 g/mol. The van der Waals surface area contributed by atoms with Crippen LogP contribution in [0.3, 0.4) is 0 Å². The van der Waals surface area contributed by atoms with Crippen molar-refractivity contribution >= 4 is 15.9 Å². The number of methoxy groups -OCH3 is 3. The minimum absolute atomic E-state index is 0.127. The summed E-state index contributed by atoms with van der Waals surface area (Å²) >= 11 is 0. The van der Waals surface area contributed by atoms with Crippen LogP contribution >= 0.6 is 0 Å². The molecule has 0 aromatic heterocycles. The predicted octanol–water partition coefficient (Wildman–Crippen LogP) is 4.09. The highest BCUT2D eigenvalue weighted by molar-refractivity contribution is 7.89. The first-order chi connectivity index (χ1) is 16.8. The quantitative estimate of drug-likeness (QED) is 0.495. The van der Waals surface area contributed by atoms with E-state index in [0.717, 1.165) is 24.8 Å². The van der Waals surface area contributed by atoms with Crippen molar-refractivity contribution in [3.8, 4) is 17.2 Å². The van der Waals surface area contributed by atoms with Gasteiger partial charge in [0.25, 0.3) is 0 Å². The summed E-state index contributed by atoms with van der Waals surface area (Å²) in [6, 6.07) is 10.3. The molecule has 1 heterocycles. The molecule has 1 unspecified atom stereocenters. The standard InChI is InChI=1S/C26H36N2O6S/c1-5-22(19-9-12-24(33-3)25(18-19)34-4)27-26(29)14-10-20-17-21(11-13-23(20)32-2)35(30,31)28-15-7-6-8-16-28/h9,11-13,17-18,22H,5-8,10,14-16H2,1-4H3,(H,27,29). The van der Waals surface area contributed by atoms with Gasteiger partial charge < -0.3 is 19.5 Å². The van der Waals surface area contributed by atoms with Crippen molar-refractivity contribution in [2.45, 2.75) is 56.4 Å². The van der Waals surface area contributed by atoms with Gasteiger partial charge in [0.1, 0.15) is 5.75 Å². The number of nitrogens with zero attached hydrogens (tertiary/aromatic N) is 1. The number of rotatable bonds is 11. The third-order valence-corrected chi connectivity index (χ3v) is 8.27. The Morgan fingerprint density at radius 1 is 0.943 bits per heavy atom. The van der Waals surface area contributed by atoms with Crippen molar-refractivity contribution in [3.05, 3.63) is 47.5 Å². The van der Waals surface area contributed by atoms with Crippen LogP contribution in [0.5, 0.6) is 17.2 Å². The summed E-state index contributed by atoms with van der Waals surface area (Å²) in [5, 5.41) is 3.07. The van der Waals surface area contributed by atoms with E-state index in [2.05, 4.69) is 5.32 Å². The van der Waals surface area contributed by atoms with Gasteiger partial charge >= 0.3 is 0 Å². The highest BCUT2D eigenvalue weighted by Gasteiger charge is 2.27. The van der Waals surface area contributed by atoms with Gasteiger partial charge in [-0.25, -0.2) is 8.42 Å². The Hall–Kier alpha value is -2.78. The smallest absolute Gasteiger partial charge is 0.243 e. The van der Waals surface area contributed by atoms with Crippen LogP contribution in [0.1, 0.15) is 56.2 Å². The zero-order chi connectivity index (χ0) is 25.4. The van der Waals surface area contributed by atoms with E-state index in [-0.39, 0.29) is 23.3 Å². The Labute approximate surface area is 208 Å². The highest BCUT2D eigenvalue weighted by Crippen LogP contribution is 2.31. The third-order valence-electron chi connectivity index (χ3n) is 6.38. The van der Waals surface area contributed by atoms with Crippen LogP contribution in [0.25, 0.3) is 0 Å². The summed E-state index contributed by atoms with van der Waals surface area (Å²) in [5.74, 6) is 1.68. The fourth-order valence-corrected chi connectivity index (χ4v) is 5.94. The summed E-state index contributed by atoms with van der Waals surface area (Å²) in [4.78, 5) is 13.1. The number of carbonyl (C=O) groups excluding carboxylic acids is 1. The van der Waals surface area contributed by atoms with Gasteiger partial charge in [0.05, 0.1) is 32.3 Å². The molecular weight excluding hydrogens is 468 g/mol. The van der Waals surface area contributed by atoms with Gasteiger partial charge in [0, 0.05) is 19.5 Å². The number of carbonyl (C=O) groups is 1. The Balaban J connectivity index is 1.71. The minimum atomic E-state index is -3.56. The highest BCUT2D eigenvalue weighted by atomic mass is 32.2. The number of hydrogen-bond acceptors (Lipinski definition) is 6. The van der Waals surface area contributed by atoms with Crippen LogP contribution in [-0.2, 0) is 21.2 Å². The molecule has 0 saturated carbocycles. The van der Waals surface area contributed by atoms with Crippen LogP contribution in [0.4, 0.5) is 0 Å². The number of ether oxygens (including phenoxy) is 3. The van der Waals surface area contributed by atoms with Gasteiger partial charge in [0.2, 0.25) is 15.9 Å². The third kappa shape index (κ3) is 6.46. The molecule has 1 atom stereocenters. The van der Waals surface area contributed by atoms with Crippen molar-refractivity contribution in [1.82, 2.24) is 9.62 Å². The van der Waals surface area contributed by atoms with Gasteiger partial charge in [-0.05, 0) is 67.1 Å². The lowest BCUT2D eigenvalue weighted by molar-refractivity contribution is -0.121. The van der Waals surface area contributed by atoms with Crippen molar-refractivity contribution in [2.75, 3.05) is 34.4 Å². The summed E-state index contributed by atoms with van der Waals surface area (Å²) in [5.41, 5.74) is 1.62. The summed E-state index contributed by atoms with van der Waals surface area (Å²) in [6.45, 7) is 3.08. The van der Waals surface area contributed by atoms with Crippen LogP contribution in [0.15, 0.2) is 41.3 Å². The van der Waals surface area contributed by atoms with Crippen LogP contribution in [-0.4, -0.2) is 53.0 Å². The molecular formula is C26H36N2O6S. The second-order valence-corrected chi connectivity index (χ2v) is 10.5. The first kappa shape index (κ1) is 26.8. The van der Waals surface area contributed by atoms with Crippen LogP contribution in [0, 0.1) is 0 Å². The molecule has 1 N–H and O–H groups in total.